The van der Waals surface area contributed by atoms with Gasteiger partial charge in [0, 0.05) is 15.5 Å². The van der Waals surface area contributed by atoms with E-state index in [1.165, 1.54) is 0 Å². The van der Waals surface area contributed by atoms with Crippen molar-refractivity contribution in [2.24, 2.45) is 5.73 Å². The summed E-state index contributed by atoms with van der Waals surface area (Å²) >= 11 is 6.52. The fourth-order valence-corrected chi connectivity index (χ4v) is 1.69. The van der Waals surface area contributed by atoms with Crippen LogP contribution in [0.25, 0.3) is 0 Å². The Kier molecular flexibility index (Phi) is 7.14. The molecule has 3 nitrogen and oxygen atoms in total. The van der Waals surface area contributed by atoms with E-state index in [9.17, 15) is 4.79 Å². The zero-order chi connectivity index (χ0) is 13.1. The molecule has 0 aromatic heterocycles. The Morgan fingerprint density at radius 2 is 1.94 bits per heavy atom. The van der Waals surface area contributed by atoms with Gasteiger partial charge in [-0.25, -0.2) is 0 Å². The van der Waals surface area contributed by atoms with Gasteiger partial charge in [0.05, 0.1) is 0 Å². The van der Waals surface area contributed by atoms with Crippen molar-refractivity contribution in [2.75, 3.05) is 6.54 Å². The number of hydrogen-bond acceptors (Lipinski definition) is 2. The SMILES string of the molecule is C=C(Br)CNC(=O)C(C)(N)c1ccc(Br)cc1.Cl. The lowest BCUT2D eigenvalue weighted by atomic mass is 9.92. The summed E-state index contributed by atoms with van der Waals surface area (Å²) in [6.07, 6.45) is 0. The van der Waals surface area contributed by atoms with E-state index in [4.69, 9.17) is 5.73 Å². The maximum Gasteiger partial charge on any atom is 0.244 e. The first-order valence-electron chi connectivity index (χ1n) is 5.00. The van der Waals surface area contributed by atoms with Crippen LogP contribution in [-0.4, -0.2) is 12.5 Å². The molecule has 3 N–H and O–H groups in total. The largest absolute Gasteiger partial charge is 0.350 e. The van der Waals surface area contributed by atoms with Gasteiger partial charge in [0.15, 0.2) is 0 Å². The fraction of sp³-hybridized carbons (Fsp3) is 0.250. The number of halogens is 3. The first-order chi connectivity index (χ1) is 7.84. The first kappa shape index (κ1) is 17.6. The molecule has 0 spiro atoms. The van der Waals surface area contributed by atoms with E-state index in [1.54, 1.807) is 6.92 Å². The average Bonchev–Trinajstić information content (AvgIpc) is 2.26. The van der Waals surface area contributed by atoms with Crippen molar-refractivity contribution in [3.63, 3.8) is 0 Å². The molecule has 1 atom stereocenters. The second kappa shape index (κ2) is 7.28. The van der Waals surface area contributed by atoms with Crippen LogP contribution < -0.4 is 11.1 Å². The Labute approximate surface area is 130 Å². The normalized spacial score (nSPS) is 13.1. The van der Waals surface area contributed by atoms with Crippen LogP contribution in [0.1, 0.15) is 12.5 Å². The second-order valence-corrected chi connectivity index (χ2v) is 5.95. The maximum atomic E-state index is 11.9. The molecule has 0 heterocycles. The van der Waals surface area contributed by atoms with Crippen LogP contribution in [0.2, 0.25) is 0 Å². The molecule has 1 unspecified atom stereocenters. The topological polar surface area (TPSA) is 55.1 Å². The van der Waals surface area contributed by atoms with E-state index in [-0.39, 0.29) is 18.3 Å². The van der Waals surface area contributed by atoms with Gasteiger partial charge in [-0.05, 0) is 24.6 Å². The van der Waals surface area contributed by atoms with Gasteiger partial charge in [0.25, 0.3) is 0 Å². The molecule has 0 aliphatic carbocycles. The van der Waals surface area contributed by atoms with Crippen molar-refractivity contribution in [2.45, 2.75) is 12.5 Å². The fourth-order valence-electron chi connectivity index (χ4n) is 1.29. The van der Waals surface area contributed by atoms with Crippen molar-refractivity contribution in [1.82, 2.24) is 5.32 Å². The number of carbonyl (C=O) groups is 1. The van der Waals surface area contributed by atoms with E-state index in [2.05, 4.69) is 43.8 Å². The van der Waals surface area contributed by atoms with Crippen LogP contribution in [0.4, 0.5) is 0 Å². The molecule has 0 radical (unpaired) electrons. The van der Waals surface area contributed by atoms with Crippen molar-refractivity contribution in [3.05, 3.63) is 45.4 Å². The molecule has 0 bridgehead atoms. The highest BCUT2D eigenvalue weighted by atomic mass is 79.9. The van der Waals surface area contributed by atoms with Crippen molar-refractivity contribution in [1.29, 1.82) is 0 Å². The minimum atomic E-state index is -1.05. The molecule has 100 valence electrons. The van der Waals surface area contributed by atoms with Crippen molar-refractivity contribution >= 4 is 50.2 Å². The number of rotatable bonds is 4. The van der Waals surface area contributed by atoms with Gasteiger partial charge in [-0.15, -0.1) is 12.4 Å². The summed E-state index contributed by atoms with van der Waals surface area (Å²) in [5.74, 6) is -0.236. The highest BCUT2D eigenvalue weighted by Gasteiger charge is 2.30. The molecule has 18 heavy (non-hydrogen) atoms. The summed E-state index contributed by atoms with van der Waals surface area (Å²) < 4.78 is 1.66. The molecule has 0 aliphatic heterocycles. The third kappa shape index (κ3) is 4.72. The van der Waals surface area contributed by atoms with Gasteiger partial charge in [-0.3, -0.25) is 4.79 Å². The van der Waals surface area contributed by atoms with Crippen molar-refractivity contribution < 1.29 is 4.79 Å². The number of carbonyl (C=O) groups excluding carboxylic acids is 1. The summed E-state index contributed by atoms with van der Waals surface area (Å²) in [5, 5.41) is 2.71. The molecule has 1 aromatic carbocycles. The van der Waals surface area contributed by atoms with Gasteiger partial charge in [0.2, 0.25) is 5.91 Å². The molecular weight excluding hydrogens is 383 g/mol. The number of hydrogen-bond donors (Lipinski definition) is 2. The van der Waals surface area contributed by atoms with E-state index < -0.39 is 5.54 Å². The summed E-state index contributed by atoms with van der Waals surface area (Å²) in [6, 6.07) is 7.37. The Balaban J connectivity index is 0.00000289. The van der Waals surface area contributed by atoms with Gasteiger partial charge in [0.1, 0.15) is 5.54 Å². The van der Waals surface area contributed by atoms with Gasteiger partial charge in [-0.2, -0.15) is 0 Å². The lowest BCUT2D eigenvalue weighted by Crippen LogP contribution is -2.49. The number of nitrogens with one attached hydrogen (secondary N) is 1. The van der Waals surface area contributed by atoms with E-state index in [0.717, 1.165) is 10.0 Å². The van der Waals surface area contributed by atoms with Crippen LogP contribution in [0.5, 0.6) is 0 Å². The second-order valence-electron chi connectivity index (χ2n) is 3.91. The minimum Gasteiger partial charge on any atom is -0.350 e. The predicted molar refractivity (Wildman–Crippen MR) is 84.0 cm³/mol. The quantitative estimate of drug-likeness (QED) is 0.819. The Bertz CT molecular complexity index is 432. The number of amides is 1. The molecule has 1 rings (SSSR count). The van der Waals surface area contributed by atoms with Crippen LogP contribution >= 0.6 is 44.3 Å². The molecule has 1 amide bonds. The van der Waals surface area contributed by atoms with E-state index >= 15 is 0 Å². The van der Waals surface area contributed by atoms with Crippen molar-refractivity contribution in [3.8, 4) is 0 Å². The minimum absolute atomic E-state index is 0. The van der Waals surface area contributed by atoms with Crippen LogP contribution in [0.3, 0.4) is 0 Å². The molecular formula is C12H15Br2ClN2O. The molecule has 0 saturated carbocycles. The molecule has 1 aromatic rings. The van der Waals surface area contributed by atoms with Gasteiger partial charge in [-0.1, -0.05) is 50.6 Å². The highest BCUT2D eigenvalue weighted by molar-refractivity contribution is 9.11. The summed E-state index contributed by atoms with van der Waals surface area (Å²) in [5.41, 5.74) is 5.76. The third-order valence-corrected chi connectivity index (χ3v) is 3.17. The van der Waals surface area contributed by atoms with E-state index in [0.29, 0.717) is 11.0 Å². The highest BCUT2D eigenvalue weighted by Crippen LogP contribution is 2.20. The summed E-state index contributed by atoms with van der Waals surface area (Å²) in [7, 11) is 0. The number of nitrogens with two attached hydrogens (primary N) is 1. The third-order valence-electron chi connectivity index (χ3n) is 2.36. The Morgan fingerprint density at radius 1 is 1.44 bits per heavy atom. The molecule has 0 aliphatic rings. The van der Waals surface area contributed by atoms with Crippen LogP contribution in [0, 0.1) is 0 Å². The summed E-state index contributed by atoms with van der Waals surface area (Å²) in [4.78, 5) is 11.9. The van der Waals surface area contributed by atoms with Crippen LogP contribution in [-0.2, 0) is 10.3 Å². The Morgan fingerprint density at radius 3 is 2.39 bits per heavy atom. The zero-order valence-electron chi connectivity index (χ0n) is 9.87. The Hall–Kier alpha value is -0.360. The van der Waals surface area contributed by atoms with E-state index in [1.807, 2.05) is 24.3 Å². The molecule has 6 heteroatoms. The zero-order valence-corrected chi connectivity index (χ0v) is 13.9. The number of benzene rings is 1. The molecule has 0 fully saturated rings. The standard InChI is InChI=1S/C12H14Br2N2O.ClH/c1-8(13)7-16-11(17)12(2,15)9-3-5-10(14)6-4-9;/h3-6H,1,7,15H2,2H3,(H,16,17);1H. The molecule has 0 saturated heterocycles. The predicted octanol–water partition coefficient (Wildman–Crippen LogP) is 3.07. The van der Waals surface area contributed by atoms with Crippen LogP contribution in [0.15, 0.2) is 39.8 Å². The van der Waals surface area contributed by atoms with Gasteiger partial charge < -0.3 is 11.1 Å². The average molecular weight is 399 g/mol. The maximum absolute atomic E-state index is 11.9. The smallest absolute Gasteiger partial charge is 0.244 e. The monoisotopic (exact) mass is 396 g/mol. The summed E-state index contributed by atoms with van der Waals surface area (Å²) in [6.45, 7) is 5.69. The lowest BCUT2D eigenvalue weighted by Gasteiger charge is -2.24. The first-order valence-corrected chi connectivity index (χ1v) is 6.59. The lowest BCUT2D eigenvalue weighted by molar-refractivity contribution is -0.125. The van der Waals surface area contributed by atoms with Gasteiger partial charge >= 0.3 is 0 Å².